The maximum Gasteiger partial charge on any atom is 0.274 e. The van der Waals surface area contributed by atoms with Gasteiger partial charge in [-0.15, -0.1) is 0 Å². The van der Waals surface area contributed by atoms with Crippen LogP contribution in [0, 0.1) is 19.7 Å². The number of benzene rings is 2. The van der Waals surface area contributed by atoms with Gasteiger partial charge in [-0.25, -0.2) is 9.07 Å². The molecule has 1 saturated heterocycles. The average Bonchev–Trinajstić information content (AvgIpc) is 3.33. The highest BCUT2D eigenvalue weighted by Crippen LogP contribution is 2.33. The SMILES string of the molecule is Cc1ccc([C@@H]2CCCN2C(=O)c2ccn(-c3ccccc3F)n2)cc1C. The highest BCUT2D eigenvalue weighted by Gasteiger charge is 2.31. The van der Waals surface area contributed by atoms with Crippen molar-refractivity contribution in [2.24, 2.45) is 0 Å². The van der Waals surface area contributed by atoms with Gasteiger partial charge in [0.1, 0.15) is 11.5 Å². The van der Waals surface area contributed by atoms with Crippen LogP contribution >= 0.6 is 0 Å². The minimum atomic E-state index is -0.367. The lowest BCUT2D eigenvalue weighted by atomic mass is 9.99. The van der Waals surface area contributed by atoms with Gasteiger partial charge in [-0.2, -0.15) is 5.10 Å². The second-order valence-corrected chi connectivity index (χ2v) is 7.10. The molecule has 1 aliphatic heterocycles. The number of likely N-dealkylation sites (tertiary alicyclic amines) is 1. The van der Waals surface area contributed by atoms with Crippen molar-refractivity contribution in [2.45, 2.75) is 32.7 Å². The third-order valence-corrected chi connectivity index (χ3v) is 5.34. The second-order valence-electron chi connectivity index (χ2n) is 7.10. The van der Waals surface area contributed by atoms with Gasteiger partial charge in [0.25, 0.3) is 5.91 Å². The molecule has 0 saturated carbocycles. The summed E-state index contributed by atoms with van der Waals surface area (Å²) in [6, 6.07) is 14.5. The summed E-state index contributed by atoms with van der Waals surface area (Å²) in [6.45, 7) is 4.89. The van der Waals surface area contributed by atoms with Crippen LogP contribution in [0.2, 0.25) is 0 Å². The summed E-state index contributed by atoms with van der Waals surface area (Å²) in [4.78, 5) is 15.0. The van der Waals surface area contributed by atoms with E-state index in [2.05, 4.69) is 37.1 Å². The molecule has 138 valence electrons. The molecule has 2 heterocycles. The zero-order chi connectivity index (χ0) is 19.0. The molecule has 1 amide bonds. The van der Waals surface area contributed by atoms with Crippen LogP contribution < -0.4 is 0 Å². The maximum atomic E-state index is 14.0. The molecule has 1 fully saturated rings. The van der Waals surface area contributed by atoms with Crippen molar-refractivity contribution in [1.29, 1.82) is 0 Å². The molecule has 1 aliphatic rings. The summed E-state index contributed by atoms with van der Waals surface area (Å²) in [5.41, 5.74) is 4.32. The van der Waals surface area contributed by atoms with Gasteiger partial charge in [-0.05, 0) is 61.6 Å². The first-order valence-electron chi connectivity index (χ1n) is 9.23. The molecule has 1 atom stereocenters. The molecular formula is C22H22FN3O. The van der Waals surface area contributed by atoms with E-state index in [9.17, 15) is 9.18 Å². The van der Waals surface area contributed by atoms with Gasteiger partial charge in [0, 0.05) is 12.7 Å². The van der Waals surface area contributed by atoms with Gasteiger partial charge >= 0.3 is 0 Å². The fraction of sp³-hybridized carbons (Fsp3) is 0.273. The molecule has 2 aromatic carbocycles. The fourth-order valence-corrected chi connectivity index (χ4v) is 3.69. The molecule has 27 heavy (non-hydrogen) atoms. The lowest BCUT2D eigenvalue weighted by Gasteiger charge is -2.25. The van der Waals surface area contributed by atoms with Crippen LogP contribution in [0.25, 0.3) is 5.69 Å². The molecule has 4 nitrogen and oxygen atoms in total. The van der Waals surface area contributed by atoms with Crippen LogP contribution in [-0.2, 0) is 0 Å². The Kier molecular flexibility index (Phi) is 4.52. The van der Waals surface area contributed by atoms with Gasteiger partial charge in [-0.3, -0.25) is 4.79 Å². The Bertz CT molecular complexity index is 995. The van der Waals surface area contributed by atoms with Crippen LogP contribution in [0.5, 0.6) is 0 Å². The Morgan fingerprint density at radius 3 is 2.70 bits per heavy atom. The van der Waals surface area contributed by atoms with Crippen molar-refractivity contribution in [3.63, 3.8) is 0 Å². The van der Waals surface area contributed by atoms with Crippen molar-refractivity contribution in [3.8, 4) is 5.69 Å². The molecule has 0 unspecified atom stereocenters. The van der Waals surface area contributed by atoms with Crippen LogP contribution in [0.1, 0.15) is 46.1 Å². The molecular weight excluding hydrogens is 341 g/mol. The third kappa shape index (κ3) is 3.25. The highest BCUT2D eigenvalue weighted by atomic mass is 19.1. The van der Waals surface area contributed by atoms with Gasteiger partial charge in [0.05, 0.1) is 6.04 Å². The monoisotopic (exact) mass is 363 g/mol. The van der Waals surface area contributed by atoms with Crippen molar-refractivity contribution in [1.82, 2.24) is 14.7 Å². The zero-order valence-corrected chi connectivity index (χ0v) is 15.5. The minimum absolute atomic E-state index is 0.0652. The molecule has 0 radical (unpaired) electrons. The molecule has 5 heteroatoms. The molecule has 0 bridgehead atoms. The Labute approximate surface area is 158 Å². The summed E-state index contributed by atoms with van der Waals surface area (Å²) >= 11 is 0. The van der Waals surface area contributed by atoms with E-state index in [1.54, 1.807) is 30.5 Å². The predicted octanol–water partition coefficient (Wildman–Crippen LogP) is 4.61. The van der Waals surface area contributed by atoms with E-state index >= 15 is 0 Å². The van der Waals surface area contributed by atoms with Gasteiger partial charge < -0.3 is 4.90 Å². The van der Waals surface area contributed by atoms with Crippen molar-refractivity contribution >= 4 is 5.91 Å². The molecule has 0 spiro atoms. The van der Waals surface area contributed by atoms with Crippen LogP contribution in [0.3, 0.4) is 0 Å². The number of hydrogen-bond acceptors (Lipinski definition) is 2. The Morgan fingerprint density at radius 1 is 1.11 bits per heavy atom. The van der Waals surface area contributed by atoms with E-state index in [0.717, 1.165) is 18.4 Å². The molecule has 4 rings (SSSR count). The Morgan fingerprint density at radius 2 is 1.93 bits per heavy atom. The quantitative estimate of drug-likeness (QED) is 0.682. The first-order valence-corrected chi connectivity index (χ1v) is 9.23. The van der Waals surface area contributed by atoms with E-state index < -0.39 is 0 Å². The molecule has 3 aromatic rings. The predicted molar refractivity (Wildman–Crippen MR) is 102 cm³/mol. The van der Waals surface area contributed by atoms with Crippen LogP contribution in [0.15, 0.2) is 54.7 Å². The molecule has 1 aromatic heterocycles. The Balaban J connectivity index is 1.60. The van der Waals surface area contributed by atoms with Crippen LogP contribution in [0.4, 0.5) is 4.39 Å². The molecule has 0 aliphatic carbocycles. The van der Waals surface area contributed by atoms with E-state index in [1.807, 2.05) is 4.90 Å². The lowest BCUT2D eigenvalue weighted by molar-refractivity contribution is 0.0729. The Hall–Kier alpha value is -2.95. The smallest absolute Gasteiger partial charge is 0.274 e. The first kappa shape index (κ1) is 17.5. The van der Waals surface area contributed by atoms with Crippen LogP contribution in [-0.4, -0.2) is 27.1 Å². The number of nitrogens with zero attached hydrogens (tertiary/aromatic N) is 3. The number of hydrogen-bond donors (Lipinski definition) is 0. The van der Waals surface area contributed by atoms with Crippen molar-refractivity contribution in [2.75, 3.05) is 6.54 Å². The standard InChI is InChI=1S/C22H22FN3O/c1-15-9-10-17(14-16(15)2)20-8-5-12-25(20)22(27)19-11-13-26(24-19)21-7-4-3-6-18(21)23/h3-4,6-7,9-11,13-14,20H,5,8,12H2,1-2H3/t20-/m0/s1. The second kappa shape index (κ2) is 6.99. The van der Waals surface area contributed by atoms with Gasteiger partial charge in [0.2, 0.25) is 0 Å². The fourth-order valence-electron chi connectivity index (χ4n) is 3.69. The topological polar surface area (TPSA) is 38.1 Å². The van der Waals surface area contributed by atoms with E-state index in [-0.39, 0.29) is 17.8 Å². The summed E-state index contributed by atoms with van der Waals surface area (Å²) in [7, 11) is 0. The van der Waals surface area contributed by atoms with Crippen molar-refractivity contribution < 1.29 is 9.18 Å². The highest BCUT2D eigenvalue weighted by molar-refractivity contribution is 5.92. The van der Waals surface area contributed by atoms with Crippen molar-refractivity contribution in [3.05, 3.63) is 82.9 Å². The number of para-hydroxylation sites is 1. The maximum absolute atomic E-state index is 14.0. The number of carbonyl (C=O) groups excluding carboxylic acids is 1. The average molecular weight is 363 g/mol. The third-order valence-electron chi connectivity index (χ3n) is 5.34. The first-order chi connectivity index (χ1) is 13.0. The normalized spacial score (nSPS) is 16.7. The summed E-state index contributed by atoms with van der Waals surface area (Å²) in [5.74, 6) is -0.473. The number of halogens is 1. The number of amides is 1. The van der Waals surface area contributed by atoms with E-state index in [0.29, 0.717) is 17.9 Å². The summed E-state index contributed by atoms with van der Waals surface area (Å²) < 4.78 is 15.4. The summed E-state index contributed by atoms with van der Waals surface area (Å²) in [6.07, 6.45) is 3.55. The molecule has 0 N–H and O–H groups in total. The largest absolute Gasteiger partial charge is 0.330 e. The number of carbonyl (C=O) groups is 1. The number of aryl methyl sites for hydroxylation is 2. The minimum Gasteiger partial charge on any atom is -0.330 e. The van der Waals surface area contributed by atoms with Gasteiger partial charge in [-0.1, -0.05) is 30.3 Å². The lowest BCUT2D eigenvalue weighted by Crippen LogP contribution is -2.31. The van der Waals surface area contributed by atoms with Gasteiger partial charge in [0.15, 0.2) is 5.69 Å². The number of aromatic nitrogens is 2. The van der Waals surface area contributed by atoms with E-state index in [4.69, 9.17) is 0 Å². The number of rotatable bonds is 3. The van der Waals surface area contributed by atoms with E-state index in [1.165, 1.54) is 21.9 Å². The summed E-state index contributed by atoms with van der Waals surface area (Å²) in [5, 5.41) is 4.33. The zero-order valence-electron chi connectivity index (χ0n) is 15.5.